The highest BCUT2D eigenvalue weighted by Gasteiger charge is 2.31. The van der Waals surface area contributed by atoms with E-state index in [1.165, 1.54) is 0 Å². The number of hydrogen-bond acceptors (Lipinski definition) is 4. The zero-order chi connectivity index (χ0) is 18.6. The van der Waals surface area contributed by atoms with Crippen LogP contribution in [0.4, 0.5) is 0 Å². The lowest BCUT2D eigenvalue weighted by molar-refractivity contribution is -0.137. The third kappa shape index (κ3) is 4.20. The Kier molecular flexibility index (Phi) is 5.54. The molecule has 26 heavy (non-hydrogen) atoms. The van der Waals surface area contributed by atoms with Crippen molar-refractivity contribution in [2.75, 3.05) is 0 Å². The van der Waals surface area contributed by atoms with E-state index in [1.54, 1.807) is 11.4 Å². The SMILES string of the molecule is O=C(O)CC(Cc1ccccc1)S(=O)(=O)c1cc(-c2ccccc2)cs1. The van der Waals surface area contributed by atoms with E-state index in [0.29, 0.717) is 0 Å². The molecule has 0 amide bonds. The Bertz CT molecular complexity index is 977. The summed E-state index contributed by atoms with van der Waals surface area (Å²) >= 11 is 1.14. The lowest BCUT2D eigenvalue weighted by Crippen LogP contribution is -2.26. The largest absolute Gasteiger partial charge is 0.481 e. The van der Waals surface area contributed by atoms with Gasteiger partial charge in [-0.3, -0.25) is 4.79 Å². The lowest BCUT2D eigenvalue weighted by Gasteiger charge is -2.15. The van der Waals surface area contributed by atoms with E-state index in [0.717, 1.165) is 28.0 Å². The Morgan fingerprint density at radius 3 is 2.19 bits per heavy atom. The molecule has 0 saturated carbocycles. The Morgan fingerprint density at radius 1 is 0.962 bits per heavy atom. The molecule has 3 rings (SSSR count). The van der Waals surface area contributed by atoms with Gasteiger partial charge in [0.15, 0.2) is 9.84 Å². The first kappa shape index (κ1) is 18.4. The van der Waals surface area contributed by atoms with Crippen molar-refractivity contribution in [1.29, 1.82) is 0 Å². The molecule has 0 bridgehead atoms. The van der Waals surface area contributed by atoms with Crippen molar-refractivity contribution in [2.45, 2.75) is 22.3 Å². The van der Waals surface area contributed by atoms with Crippen molar-refractivity contribution in [3.63, 3.8) is 0 Å². The van der Waals surface area contributed by atoms with Gasteiger partial charge in [-0.2, -0.15) is 0 Å². The van der Waals surface area contributed by atoms with E-state index < -0.39 is 27.5 Å². The van der Waals surface area contributed by atoms with Crippen LogP contribution in [0.5, 0.6) is 0 Å². The molecule has 1 aromatic heterocycles. The second kappa shape index (κ2) is 7.85. The third-order valence-corrected chi connectivity index (χ3v) is 7.71. The van der Waals surface area contributed by atoms with Crippen LogP contribution in [-0.4, -0.2) is 24.7 Å². The Labute approximate surface area is 156 Å². The van der Waals surface area contributed by atoms with Crippen LogP contribution < -0.4 is 0 Å². The average molecular weight is 386 g/mol. The second-order valence-corrected chi connectivity index (χ2v) is 9.34. The predicted octanol–water partition coefficient (Wildman–Crippen LogP) is 4.27. The molecule has 1 unspecified atom stereocenters. The molecule has 4 nitrogen and oxygen atoms in total. The van der Waals surface area contributed by atoms with Crippen molar-refractivity contribution < 1.29 is 18.3 Å². The summed E-state index contributed by atoms with van der Waals surface area (Å²) < 4.78 is 26.3. The fourth-order valence-electron chi connectivity index (χ4n) is 2.78. The summed E-state index contributed by atoms with van der Waals surface area (Å²) in [4.78, 5) is 11.2. The number of hydrogen-bond donors (Lipinski definition) is 1. The highest BCUT2D eigenvalue weighted by molar-refractivity contribution is 7.94. The van der Waals surface area contributed by atoms with Crippen molar-refractivity contribution in [2.24, 2.45) is 0 Å². The summed E-state index contributed by atoms with van der Waals surface area (Å²) in [6.07, 6.45) is -0.246. The minimum Gasteiger partial charge on any atom is -0.481 e. The van der Waals surface area contributed by atoms with Gasteiger partial charge in [-0.05, 0) is 34.6 Å². The van der Waals surface area contributed by atoms with Gasteiger partial charge in [0.25, 0.3) is 0 Å². The molecule has 0 fully saturated rings. The number of rotatable bonds is 7. The standard InChI is InChI=1S/C20H18O4S2/c21-19(22)13-18(11-15-7-3-1-4-8-15)26(23,24)20-12-17(14-25-20)16-9-5-2-6-10-16/h1-10,12,14,18H,11,13H2,(H,21,22). The van der Waals surface area contributed by atoms with Gasteiger partial charge in [0, 0.05) is 0 Å². The Hall–Kier alpha value is -2.44. The third-order valence-electron chi connectivity index (χ3n) is 4.11. The van der Waals surface area contributed by atoms with Crippen LogP contribution in [0.1, 0.15) is 12.0 Å². The molecule has 1 N–H and O–H groups in total. The van der Waals surface area contributed by atoms with Gasteiger partial charge in [-0.15, -0.1) is 11.3 Å². The van der Waals surface area contributed by atoms with Crippen LogP contribution in [0.25, 0.3) is 11.1 Å². The number of benzene rings is 2. The van der Waals surface area contributed by atoms with Gasteiger partial charge in [-0.25, -0.2) is 8.42 Å². The van der Waals surface area contributed by atoms with E-state index in [4.69, 9.17) is 0 Å². The average Bonchev–Trinajstić information content (AvgIpc) is 3.13. The first-order valence-electron chi connectivity index (χ1n) is 8.10. The lowest BCUT2D eigenvalue weighted by atomic mass is 10.1. The van der Waals surface area contributed by atoms with Gasteiger partial charge in [0.2, 0.25) is 0 Å². The first-order valence-corrected chi connectivity index (χ1v) is 10.5. The Morgan fingerprint density at radius 2 is 1.58 bits per heavy atom. The first-order chi connectivity index (χ1) is 12.5. The van der Waals surface area contributed by atoms with Crippen LogP contribution in [-0.2, 0) is 21.1 Å². The molecule has 6 heteroatoms. The van der Waals surface area contributed by atoms with Crippen molar-refractivity contribution in [3.8, 4) is 11.1 Å². The quantitative estimate of drug-likeness (QED) is 0.658. The van der Waals surface area contributed by atoms with Crippen LogP contribution in [0.2, 0.25) is 0 Å². The summed E-state index contributed by atoms with van der Waals surface area (Å²) in [5.74, 6) is -1.12. The van der Waals surface area contributed by atoms with Crippen LogP contribution in [0.15, 0.2) is 76.3 Å². The molecular weight excluding hydrogens is 368 g/mol. The summed E-state index contributed by atoms with van der Waals surface area (Å²) in [6.45, 7) is 0. The fraction of sp³-hybridized carbons (Fsp3) is 0.150. The number of aliphatic carboxylic acids is 1. The van der Waals surface area contributed by atoms with E-state index in [-0.39, 0.29) is 10.6 Å². The van der Waals surface area contributed by atoms with Gasteiger partial charge >= 0.3 is 5.97 Å². The topological polar surface area (TPSA) is 71.4 Å². The highest BCUT2D eigenvalue weighted by Crippen LogP contribution is 2.32. The van der Waals surface area contributed by atoms with E-state index in [9.17, 15) is 18.3 Å². The molecule has 3 aromatic rings. The van der Waals surface area contributed by atoms with Gasteiger partial charge in [-0.1, -0.05) is 60.7 Å². The summed E-state index contributed by atoms with van der Waals surface area (Å²) in [5.41, 5.74) is 2.56. The molecule has 1 heterocycles. The minimum absolute atomic E-state index is 0.175. The van der Waals surface area contributed by atoms with Crippen LogP contribution in [0, 0.1) is 0 Å². The fourth-order valence-corrected chi connectivity index (χ4v) is 5.90. The van der Waals surface area contributed by atoms with Gasteiger partial charge in [0.05, 0.1) is 11.7 Å². The summed E-state index contributed by atoms with van der Waals surface area (Å²) in [5, 5.41) is 9.99. The maximum atomic E-state index is 13.1. The molecule has 0 spiro atoms. The normalized spacial score (nSPS) is 12.6. The molecule has 0 radical (unpaired) electrons. The van der Waals surface area contributed by atoms with Crippen molar-refractivity contribution >= 4 is 27.1 Å². The molecule has 0 aliphatic heterocycles. The smallest absolute Gasteiger partial charge is 0.304 e. The molecule has 0 saturated heterocycles. The van der Waals surface area contributed by atoms with Gasteiger partial charge < -0.3 is 5.11 Å². The minimum atomic E-state index is -3.74. The molecular formula is C20H18O4S2. The Balaban J connectivity index is 1.92. The monoisotopic (exact) mass is 386 g/mol. The highest BCUT2D eigenvalue weighted by atomic mass is 32.2. The zero-order valence-electron chi connectivity index (χ0n) is 13.9. The second-order valence-electron chi connectivity index (χ2n) is 5.98. The maximum absolute atomic E-state index is 13.1. The number of carbonyl (C=O) groups is 1. The summed E-state index contributed by atoms with van der Waals surface area (Å²) in [6, 6.07) is 20.3. The predicted molar refractivity (Wildman–Crippen MR) is 103 cm³/mol. The van der Waals surface area contributed by atoms with E-state index >= 15 is 0 Å². The number of carboxylic acid groups (broad SMARTS) is 1. The molecule has 1 atom stereocenters. The van der Waals surface area contributed by atoms with Crippen molar-refractivity contribution in [3.05, 3.63) is 77.7 Å². The van der Waals surface area contributed by atoms with Gasteiger partial charge in [0.1, 0.15) is 4.21 Å². The molecule has 134 valence electrons. The number of sulfone groups is 1. The number of carboxylic acids is 1. The molecule has 0 aliphatic carbocycles. The van der Waals surface area contributed by atoms with E-state index in [2.05, 4.69) is 0 Å². The zero-order valence-corrected chi connectivity index (χ0v) is 15.5. The molecule has 0 aliphatic rings. The van der Waals surface area contributed by atoms with Crippen molar-refractivity contribution in [1.82, 2.24) is 0 Å². The maximum Gasteiger partial charge on any atom is 0.304 e. The summed E-state index contributed by atoms with van der Waals surface area (Å²) in [7, 11) is -3.74. The van der Waals surface area contributed by atoms with Crippen LogP contribution in [0.3, 0.4) is 0 Å². The number of thiophene rings is 1. The molecule has 2 aromatic carbocycles. The van der Waals surface area contributed by atoms with Crippen LogP contribution >= 0.6 is 11.3 Å². The van der Waals surface area contributed by atoms with E-state index in [1.807, 2.05) is 60.7 Å².